The Bertz CT molecular complexity index is 1340. The van der Waals surface area contributed by atoms with E-state index in [1.54, 1.807) is 6.07 Å². The van der Waals surface area contributed by atoms with Gasteiger partial charge in [0.25, 0.3) is 0 Å². The average Bonchev–Trinajstić information content (AvgIpc) is 3.33. The van der Waals surface area contributed by atoms with Gasteiger partial charge in [0.1, 0.15) is 29.8 Å². The quantitative estimate of drug-likeness (QED) is 0.524. The highest BCUT2D eigenvalue weighted by Gasteiger charge is 2.31. The van der Waals surface area contributed by atoms with Gasteiger partial charge in [0.2, 0.25) is 0 Å². The SMILES string of the molecule is C=C1c2cc(F)ccc2OCCN(C)CCN(C)c2cc(N3CC(O)C3)nc3cc(nn23)C2CCCCN12. The highest BCUT2D eigenvalue weighted by Crippen LogP contribution is 2.39. The molecule has 0 aliphatic carbocycles. The van der Waals surface area contributed by atoms with Crippen LogP contribution >= 0.6 is 0 Å². The van der Waals surface area contributed by atoms with Gasteiger partial charge in [0, 0.05) is 69.7 Å². The van der Waals surface area contributed by atoms with Crippen molar-refractivity contribution in [1.29, 1.82) is 0 Å². The number of ether oxygens (including phenoxy) is 1. The number of aliphatic hydroxyl groups is 1. The number of hydrogen-bond acceptors (Lipinski definition) is 8. The summed E-state index contributed by atoms with van der Waals surface area (Å²) < 4.78 is 22.5. The lowest BCUT2D eigenvalue weighted by atomic mass is 9.97. The number of β-amino-alcohol motifs (C(OH)–C–C–N with tert-alkyl or cyclic N) is 1. The summed E-state index contributed by atoms with van der Waals surface area (Å²) >= 11 is 0. The smallest absolute Gasteiger partial charge is 0.160 e. The maximum Gasteiger partial charge on any atom is 0.160 e. The van der Waals surface area contributed by atoms with Crippen molar-refractivity contribution in [3.63, 3.8) is 0 Å². The monoisotopic (exact) mass is 521 g/mol. The third-order valence-corrected chi connectivity index (χ3v) is 7.98. The first kappa shape index (κ1) is 24.9. The lowest BCUT2D eigenvalue weighted by Crippen LogP contribution is -2.51. The van der Waals surface area contributed by atoms with E-state index in [1.807, 2.05) is 4.52 Å². The largest absolute Gasteiger partial charge is 0.492 e. The zero-order valence-corrected chi connectivity index (χ0v) is 22.2. The van der Waals surface area contributed by atoms with Gasteiger partial charge < -0.3 is 29.4 Å². The molecule has 1 N–H and O–H groups in total. The Morgan fingerprint density at radius 3 is 2.71 bits per heavy atom. The second-order valence-corrected chi connectivity index (χ2v) is 10.7. The van der Waals surface area contributed by atoms with E-state index in [0.29, 0.717) is 31.0 Å². The molecule has 2 saturated heterocycles. The standard InChI is InChI=1S/C28H36FN7O2/c1-19-22-14-20(29)7-8-25(22)38-13-12-32(2)10-11-33(3)28-16-26(34-17-21(37)18-34)30-27-15-23(31-36(27)28)24-6-4-5-9-35(19)24/h7-8,14-16,21,24,37H,1,4-6,9-13,17-18H2,2-3H3. The van der Waals surface area contributed by atoms with Crippen molar-refractivity contribution in [2.75, 3.05) is 69.8 Å². The second kappa shape index (κ2) is 10.1. The predicted octanol–water partition coefficient (Wildman–Crippen LogP) is 3.01. The first-order valence-electron chi connectivity index (χ1n) is 13.5. The van der Waals surface area contributed by atoms with Gasteiger partial charge in [-0.1, -0.05) is 6.58 Å². The molecule has 0 amide bonds. The van der Waals surface area contributed by atoms with Crippen molar-refractivity contribution >= 4 is 23.0 Å². The van der Waals surface area contributed by atoms with E-state index in [9.17, 15) is 9.50 Å². The molecule has 3 aliphatic rings. The normalized spacial score (nSPS) is 21.8. The fourth-order valence-electron chi connectivity index (χ4n) is 5.63. The van der Waals surface area contributed by atoms with Crippen molar-refractivity contribution in [2.24, 2.45) is 0 Å². The van der Waals surface area contributed by atoms with Gasteiger partial charge in [-0.05, 0) is 44.5 Å². The number of benzene rings is 1. The van der Waals surface area contributed by atoms with Crippen LogP contribution in [0.25, 0.3) is 11.3 Å². The van der Waals surface area contributed by atoms with Gasteiger partial charge in [0.05, 0.1) is 17.8 Å². The number of aromatic nitrogens is 3. The highest BCUT2D eigenvalue weighted by molar-refractivity contribution is 5.68. The number of rotatable bonds is 1. The van der Waals surface area contributed by atoms with Crippen molar-refractivity contribution in [1.82, 2.24) is 24.4 Å². The zero-order valence-electron chi connectivity index (χ0n) is 22.2. The van der Waals surface area contributed by atoms with Crippen LogP contribution < -0.4 is 14.5 Å². The molecule has 1 unspecified atom stereocenters. The molecule has 0 radical (unpaired) electrons. The lowest BCUT2D eigenvalue weighted by molar-refractivity contribution is 0.141. The molecule has 2 aromatic heterocycles. The van der Waals surface area contributed by atoms with Crippen LogP contribution in [-0.4, -0.2) is 95.6 Å². The number of fused-ring (bicyclic) bond motifs is 4. The van der Waals surface area contributed by atoms with Crippen molar-refractivity contribution in [3.8, 4) is 5.75 Å². The van der Waals surface area contributed by atoms with E-state index in [1.165, 1.54) is 12.1 Å². The Morgan fingerprint density at radius 1 is 1.05 bits per heavy atom. The Morgan fingerprint density at radius 2 is 1.89 bits per heavy atom. The highest BCUT2D eigenvalue weighted by atomic mass is 19.1. The molecule has 1 atom stereocenters. The van der Waals surface area contributed by atoms with Gasteiger partial charge in [-0.3, -0.25) is 0 Å². The fraction of sp³-hybridized carbons (Fsp3) is 0.500. The van der Waals surface area contributed by atoms with Crippen LogP contribution in [0.5, 0.6) is 5.75 Å². The molecule has 2 bridgehead atoms. The Hall–Kier alpha value is -3.37. The van der Waals surface area contributed by atoms with Gasteiger partial charge in [0.15, 0.2) is 5.65 Å². The van der Waals surface area contributed by atoms with Crippen molar-refractivity contribution < 1.29 is 14.2 Å². The lowest BCUT2D eigenvalue weighted by Gasteiger charge is -2.38. The summed E-state index contributed by atoms with van der Waals surface area (Å²) in [5.74, 6) is 2.16. The predicted molar refractivity (Wildman–Crippen MR) is 146 cm³/mol. The number of nitrogens with zero attached hydrogens (tertiary/aromatic N) is 7. The van der Waals surface area contributed by atoms with E-state index in [2.05, 4.69) is 52.4 Å². The topological polar surface area (TPSA) is 72.6 Å². The number of piperidine rings is 1. The summed E-state index contributed by atoms with van der Waals surface area (Å²) in [6.07, 6.45) is 2.73. The van der Waals surface area contributed by atoms with Crippen LogP contribution in [0.15, 0.2) is 36.9 Å². The summed E-state index contributed by atoms with van der Waals surface area (Å²) in [5.41, 5.74) is 3.15. The molecular weight excluding hydrogens is 485 g/mol. The summed E-state index contributed by atoms with van der Waals surface area (Å²) in [6.45, 7) is 9.26. The fourth-order valence-corrected chi connectivity index (χ4v) is 5.63. The van der Waals surface area contributed by atoms with E-state index in [-0.39, 0.29) is 18.0 Å². The molecule has 0 spiro atoms. The van der Waals surface area contributed by atoms with E-state index >= 15 is 0 Å². The molecule has 202 valence electrons. The molecule has 10 heteroatoms. The number of likely N-dealkylation sites (N-methyl/N-ethyl adjacent to an activating group) is 2. The molecule has 3 aliphatic heterocycles. The number of halogens is 1. The summed E-state index contributed by atoms with van der Waals surface area (Å²) in [6, 6.07) is 8.82. The number of aliphatic hydroxyl groups excluding tert-OH is 1. The molecule has 5 heterocycles. The molecule has 9 nitrogen and oxygen atoms in total. The minimum absolute atomic E-state index is 0.000503. The molecule has 0 saturated carbocycles. The zero-order chi connectivity index (χ0) is 26.4. The van der Waals surface area contributed by atoms with Crippen LogP contribution in [0.3, 0.4) is 0 Å². The van der Waals surface area contributed by atoms with Gasteiger partial charge in [-0.2, -0.15) is 9.61 Å². The maximum atomic E-state index is 14.4. The molecular formula is C28H36FN7O2. The Balaban J connectivity index is 1.45. The third kappa shape index (κ3) is 4.67. The Labute approximate surface area is 222 Å². The summed E-state index contributed by atoms with van der Waals surface area (Å²) in [4.78, 5) is 13.7. The third-order valence-electron chi connectivity index (χ3n) is 7.98. The number of hydrogen-bond donors (Lipinski definition) is 1. The van der Waals surface area contributed by atoms with Gasteiger partial charge in [-0.15, -0.1) is 0 Å². The Kier molecular flexibility index (Phi) is 6.61. The number of anilines is 2. The van der Waals surface area contributed by atoms with E-state index < -0.39 is 0 Å². The summed E-state index contributed by atoms with van der Waals surface area (Å²) in [7, 11) is 4.15. The minimum atomic E-state index is -0.311. The van der Waals surface area contributed by atoms with Crippen LogP contribution in [0.2, 0.25) is 0 Å². The molecule has 3 aromatic rings. The van der Waals surface area contributed by atoms with Crippen LogP contribution in [0.1, 0.15) is 36.6 Å². The van der Waals surface area contributed by atoms with Gasteiger partial charge in [-0.25, -0.2) is 9.37 Å². The summed E-state index contributed by atoms with van der Waals surface area (Å²) in [5, 5.41) is 15.0. The maximum absolute atomic E-state index is 14.4. The molecule has 1 aromatic carbocycles. The molecule has 6 rings (SSSR count). The van der Waals surface area contributed by atoms with Crippen LogP contribution in [-0.2, 0) is 0 Å². The molecule has 38 heavy (non-hydrogen) atoms. The van der Waals surface area contributed by atoms with E-state index in [4.69, 9.17) is 14.8 Å². The average molecular weight is 522 g/mol. The van der Waals surface area contributed by atoms with Gasteiger partial charge >= 0.3 is 0 Å². The second-order valence-electron chi connectivity index (χ2n) is 10.7. The van der Waals surface area contributed by atoms with Crippen LogP contribution in [0, 0.1) is 5.82 Å². The first-order chi connectivity index (χ1) is 18.4. The molecule has 2 fully saturated rings. The van der Waals surface area contributed by atoms with E-state index in [0.717, 1.165) is 74.1 Å². The minimum Gasteiger partial charge on any atom is -0.492 e. The van der Waals surface area contributed by atoms with Crippen LogP contribution in [0.4, 0.5) is 16.0 Å². The van der Waals surface area contributed by atoms with Crippen molar-refractivity contribution in [2.45, 2.75) is 31.4 Å². The first-order valence-corrected chi connectivity index (χ1v) is 13.5. The van der Waals surface area contributed by atoms with Crippen molar-refractivity contribution in [3.05, 3.63) is 54.0 Å².